The normalized spacial score (nSPS) is 14.8. The van der Waals surface area contributed by atoms with E-state index in [0.717, 1.165) is 77.9 Å². The van der Waals surface area contributed by atoms with Crippen LogP contribution in [0.25, 0.3) is 11.1 Å². The third-order valence-corrected chi connectivity index (χ3v) is 10.8. The molecule has 0 spiro atoms. The standard InChI is InChI=1S/C34H45N3O6S2/c1-8-10-24-17-27(22-12-13-26-21-42-15-14-23(26)16-22)18-25(11-9-2)28(24)19-29(38)36-45(41,37-32(39)43-33(3,4)5)30-20-35-31(44-30)34(6,7)40/h12-13,16-18,20,40H,8-11,14-15,19,21H2,1-7H3,(H,36,37,38,39,41). The average Bonchev–Trinajstić information content (AvgIpc) is 3.46. The summed E-state index contributed by atoms with van der Waals surface area (Å²) >= 11 is 0.926. The Labute approximate surface area is 271 Å². The summed E-state index contributed by atoms with van der Waals surface area (Å²) in [5, 5.41) is 10.7. The number of rotatable bonds is 10. The first-order chi connectivity index (χ1) is 21.1. The summed E-state index contributed by atoms with van der Waals surface area (Å²) < 4.78 is 31.8. The Bertz CT molecular complexity index is 1650. The highest BCUT2D eigenvalue weighted by molar-refractivity contribution is 7.94. The molecule has 2 heterocycles. The second-order valence-corrected chi connectivity index (χ2v) is 16.1. The zero-order valence-corrected chi connectivity index (χ0v) is 29.0. The molecule has 1 unspecified atom stereocenters. The molecule has 1 aliphatic heterocycles. The molecule has 1 aromatic heterocycles. The van der Waals surface area contributed by atoms with Gasteiger partial charge in [-0.25, -0.2) is 18.7 Å². The molecule has 0 fully saturated rings. The number of amides is 2. The Balaban J connectivity index is 1.75. The van der Waals surface area contributed by atoms with Crippen LogP contribution >= 0.6 is 11.3 Å². The third kappa shape index (κ3) is 9.00. The fraction of sp³-hybridized carbons (Fsp3) is 0.500. The van der Waals surface area contributed by atoms with E-state index in [9.17, 15) is 18.9 Å². The van der Waals surface area contributed by atoms with E-state index in [1.807, 2.05) is 0 Å². The van der Waals surface area contributed by atoms with E-state index in [4.69, 9.17) is 9.47 Å². The first kappa shape index (κ1) is 34.7. The number of aliphatic hydroxyl groups is 1. The fourth-order valence-electron chi connectivity index (χ4n) is 5.25. The van der Waals surface area contributed by atoms with E-state index in [1.54, 1.807) is 34.6 Å². The first-order valence-electron chi connectivity index (χ1n) is 15.5. The Kier molecular flexibility index (Phi) is 10.9. The van der Waals surface area contributed by atoms with Crippen LogP contribution in [0.3, 0.4) is 0 Å². The van der Waals surface area contributed by atoms with Crippen molar-refractivity contribution >= 4 is 33.3 Å². The zero-order chi connectivity index (χ0) is 33.0. The van der Waals surface area contributed by atoms with Crippen LogP contribution in [0.15, 0.2) is 45.1 Å². The minimum Gasteiger partial charge on any atom is -0.443 e. The summed E-state index contributed by atoms with van der Waals surface area (Å²) in [5.41, 5.74) is 5.56. The van der Waals surface area contributed by atoms with Crippen LogP contribution in [-0.2, 0) is 62.1 Å². The lowest BCUT2D eigenvalue weighted by Crippen LogP contribution is -2.36. The Morgan fingerprint density at radius 2 is 1.71 bits per heavy atom. The number of aryl methyl sites for hydroxylation is 2. The number of nitrogens with one attached hydrogen (secondary N) is 1. The van der Waals surface area contributed by atoms with Gasteiger partial charge < -0.3 is 14.6 Å². The van der Waals surface area contributed by atoms with Gasteiger partial charge in [0.1, 0.15) is 20.4 Å². The molecule has 244 valence electrons. The minimum absolute atomic E-state index is 0.0505. The molecule has 2 aromatic carbocycles. The predicted octanol–water partition coefficient (Wildman–Crippen LogP) is 7.05. The topological polar surface area (TPSA) is 127 Å². The van der Waals surface area contributed by atoms with E-state index in [1.165, 1.54) is 17.3 Å². The molecular weight excluding hydrogens is 611 g/mol. The number of hydrogen-bond donors (Lipinski definition) is 2. The van der Waals surface area contributed by atoms with Gasteiger partial charge >= 0.3 is 6.09 Å². The van der Waals surface area contributed by atoms with Gasteiger partial charge in [-0.1, -0.05) is 57.0 Å². The highest BCUT2D eigenvalue weighted by Crippen LogP contribution is 2.32. The second kappa shape index (κ2) is 14.1. The van der Waals surface area contributed by atoms with E-state index in [-0.39, 0.29) is 15.6 Å². The van der Waals surface area contributed by atoms with Crippen molar-refractivity contribution in [2.24, 2.45) is 4.36 Å². The highest BCUT2D eigenvalue weighted by atomic mass is 32.2. The zero-order valence-electron chi connectivity index (χ0n) is 27.3. The molecule has 4 rings (SSSR count). The van der Waals surface area contributed by atoms with Gasteiger partial charge in [-0.05, 0) is 92.8 Å². The number of carbonyl (C=O) groups is 2. The van der Waals surface area contributed by atoms with Crippen molar-refractivity contribution in [1.82, 2.24) is 9.71 Å². The summed E-state index contributed by atoms with van der Waals surface area (Å²) in [6.45, 7) is 13.7. The molecule has 0 saturated carbocycles. The lowest BCUT2D eigenvalue weighted by molar-refractivity contribution is -0.117. The number of ether oxygens (including phenoxy) is 2. The molecule has 1 atom stereocenters. The van der Waals surface area contributed by atoms with E-state index < -0.39 is 33.1 Å². The fourth-order valence-corrected chi connectivity index (χ4v) is 7.87. The molecule has 9 nitrogen and oxygen atoms in total. The summed E-state index contributed by atoms with van der Waals surface area (Å²) in [6, 6.07) is 10.8. The van der Waals surface area contributed by atoms with Crippen LogP contribution in [0.2, 0.25) is 0 Å². The number of nitrogens with zero attached hydrogens (tertiary/aromatic N) is 2. The van der Waals surface area contributed by atoms with E-state index >= 15 is 0 Å². The van der Waals surface area contributed by atoms with Crippen molar-refractivity contribution in [2.75, 3.05) is 6.61 Å². The lowest BCUT2D eigenvalue weighted by Gasteiger charge is -2.21. The van der Waals surface area contributed by atoms with Crippen LogP contribution < -0.4 is 4.72 Å². The number of hydrogen-bond acceptors (Lipinski definition) is 8. The summed E-state index contributed by atoms with van der Waals surface area (Å²) in [4.78, 5) is 30.6. The van der Waals surface area contributed by atoms with Gasteiger partial charge in [0.2, 0.25) is 0 Å². The van der Waals surface area contributed by atoms with Crippen molar-refractivity contribution in [3.63, 3.8) is 0 Å². The maximum atomic E-state index is 14.3. The summed E-state index contributed by atoms with van der Waals surface area (Å²) in [5.74, 6) is -0.634. The van der Waals surface area contributed by atoms with Crippen molar-refractivity contribution in [2.45, 2.75) is 109 Å². The Morgan fingerprint density at radius 3 is 2.29 bits per heavy atom. The van der Waals surface area contributed by atoms with Crippen molar-refractivity contribution in [3.05, 3.63) is 69.4 Å². The number of aromatic nitrogens is 1. The van der Waals surface area contributed by atoms with Gasteiger partial charge in [0.15, 0.2) is 9.92 Å². The van der Waals surface area contributed by atoms with E-state index in [0.29, 0.717) is 6.61 Å². The largest absolute Gasteiger partial charge is 0.443 e. The molecule has 0 bridgehead atoms. The van der Waals surface area contributed by atoms with Crippen LogP contribution in [0.5, 0.6) is 0 Å². The van der Waals surface area contributed by atoms with Crippen molar-refractivity contribution < 1.29 is 28.4 Å². The molecule has 0 radical (unpaired) electrons. The van der Waals surface area contributed by atoms with Crippen LogP contribution in [0.4, 0.5) is 4.79 Å². The third-order valence-electron chi connectivity index (χ3n) is 7.25. The average molecular weight is 656 g/mol. The number of fused-ring (bicyclic) bond motifs is 1. The predicted molar refractivity (Wildman–Crippen MR) is 178 cm³/mol. The summed E-state index contributed by atoms with van der Waals surface area (Å²) in [6.07, 6.45) is 4.41. The van der Waals surface area contributed by atoms with E-state index in [2.05, 4.69) is 58.2 Å². The van der Waals surface area contributed by atoms with Gasteiger partial charge in [0, 0.05) is 0 Å². The van der Waals surface area contributed by atoms with Gasteiger partial charge in [-0.2, -0.15) is 0 Å². The smallest absolute Gasteiger partial charge is 0.420 e. The van der Waals surface area contributed by atoms with Crippen LogP contribution in [0, 0.1) is 0 Å². The van der Waals surface area contributed by atoms with Gasteiger partial charge in [0.05, 0.1) is 25.8 Å². The van der Waals surface area contributed by atoms with Crippen LogP contribution in [-0.4, -0.2) is 38.5 Å². The number of thiazole rings is 1. The monoisotopic (exact) mass is 655 g/mol. The Morgan fingerprint density at radius 1 is 1.04 bits per heavy atom. The molecule has 3 aromatic rings. The minimum atomic E-state index is -3.82. The SMILES string of the molecule is CCCc1cc(-c2ccc3c(c2)CCOC3)cc(CCC)c1CC(=O)N=S(=O)(NC(=O)OC(C)(C)C)c1cnc(C(C)(C)O)s1. The van der Waals surface area contributed by atoms with Gasteiger partial charge in [-0.3, -0.25) is 4.79 Å². The van der Waals surface area contributed by atoms with Gasteiger partial charge in [0.25, 0.3) is 5.91 Å². The molecular formula is C34H45N3O6S2. The van der Waals surface area contributed by atoms with Crippen LogP contribution in [0.1, 0.15) is 94.1 Å². The molecule has 2 N–H and O–H groups in total. The molecule has 45 heavy (non-hydrogen) atoms. The second-order valence-electron chi connectivity index (χ2n) is 12.9. The van der Waals surface area contributed by atoms with Crippen molar-refractivity contribution in [1.29, 1.82) is 0 Å². The molecule has 0 saturated heterocycles. The maximum Gasteiger partial charge on any atom is 0.420 e. The van der Waals surface area contributed by atoms with Crippen molar-refractivity contribution in [3.8, 4) is 11.1 Å². The molecule has 1 aliphatic rings. The van der Waals surface area contributed by atoms with Gasteiger partial charge in [-0.15, -0.1) is 15.7 Å². The highest BCUT2D eigenvalue weighted by Gasteiger charge is 2.29. The lowest BCUT2D eigenvalue weighted by atomic mass is 9.88. The Hall–Kier alpha value is -3.12. The first-order valence-corrected chi connectivity index (χ1v) is 17.8. The molecule has 2 amide bonds. The quantitative estimate of drug-likeness (QED) is 0.240. The maximum absolute atomic E-state index is 14.3. The molecule has 11 heteroatoms. The molecule has 0 aliphatic carbocycles. The summed E-state index contributed by atoms with van der Waals surface area (Å²) in [7, 11) is -3.82. The number of carbonyl (C=O) groups excluding carboxylic acids is 2. The number of benzene rings is 2.